The van der Waals surface area contributed by atoms with Gasteiger partial charge in [0.25, 0.3) is 0 Å². The number of esters is 2. The fraction of sp³-hybridized carbons (Fsp3) is 0.576. The summed E-state index contributed by atoms with van der Waals surface area (Å²) in [5.41, 5.74) is -1.02. The highest BCUT2D eigenvalue weighted by Gasteiger charge is 2.88. The molecule has 0 aromatic heterocycles. The van der Waals surface area contributed by atoms with Crippen LogP contribution in [0.25, 0.3) is 0 Å². The Labute approximate surface area is 269 Å². The molecule has 2 aromatic carbocycles. The molecule has 47 heavy (non-hydrogen) atoms. The minimum absolute atomic E-state index is 0.0925. The van der Waals surface area contributed by atoms with Crippen LogP contribution >= 0.6 is 0 Å². The Kier molecular flexibility index (Phi) is 7.35. The number of halogens is 4. The zero-order valence-electron chi connectivity index (χ0n) is 26.6. The average Bonchev–Trinajstić information content (AvgIpc) is 3.49. The van der Waals surface area contributed by atoms with Crippen LogP contribution in [0.1, 0.15) is 86.2 Å². The van der Waals surface area contributed by atoms with Crippen LogP contribution < -0.4 is 0 Å². The first-order valence-corrected chi connectivity index (χ1v) is 16.6. The Balaban J connectivity index is 1.33. The monoisotopic (exact) mass is 684 g/mol. The summed E-state index contributed by atoms with van der Waals surface area (Å²) in [4.78, 5) is 25.4. The molecular formula is C33H36F4O9S. The van der Waals surface area contributed by atoms with Gasteiger partial charge in [-0.15, -0.1) is 0 Å². The summed E-state index contributed by atoms with van der Waals surface area (Å²) in [6.07, 6.45) is -1.97. The third kappa shape index (κ3) is 5.17. The van der Waals surface area contributed by atoms with Gasteiger partial charge in [-0.2, -0.15) is 26.0 Å². The molecule has 0 radical (unpaired) electrons. The van der Waals surface area contributed by atoms with Gasteiger partial charge in [-0.1, -0.05) is 24.3 Å². The topological polar surface area (TPSA) is 125 Å². The van der Waals surface area contributed by atoms with Crippen molar-refractivity contribution in [2.24, 2.45) is 23.2 Å². The minimum Gasteiger partial charge on any atom is -0.456 e. The van der Waals surface area contributed by atoms with Crippen molar-refractivity contribution in [1.29, 1.82) is 0 Å². The molecule has 2 aromatic rings. The quantitative estimate of drug-likeness (QED) is 0.202. The van der Waals surface area contributed by atoms with Crippen molar-refractivity contribution in [3.63, 3.8) is 0 Å². The summed E-state index contributed by atoms with van der Waals surface area (Å²) in [5.74, 6) is -11.4. The fourth-order valence-corrected chi connectivity index (χ4v) is 8.07. The van der Waals surface area contributed by atoms with E-state index in [1.165, 1.54) is 24.3 Å². The van der Waals surface area contributed by atoms with Crippen molar-refractivity contribution in [3.05, 3.63) is 70.8 Å². The van der Waals surface area contributed by atoms with Crippen molar-refractivity contribution < 1.29 is 59.1 Å². The molecule has 1 saturated heterocycles. The van der Waals surface area contributed by atoms with E-state index in [2.05, 4.69) is 0 Å². The lowest BCUT2D eigenvalue weighted by Crippen LogP contribution is -2.54. The highest BCUT2D eigenvalue weighted by Crippen LogP contribution is 2.83. The Morgan fingerprint density at radius 2 is 1.23 bits per heavy atom. The van der Waals surface area contributed by atoms with Crippen LogP contribution in [0.5, 0.6) is 0 Å². The van der Waals surface area contributed by atoms with Crippen LogP contribution in [0, 0.1) is 23.2 Å². The molecule has 0 amide bonds. The van der Waals surface area contributed by atoms with E-state index in [1.54, 1.807) is 65.8 Å². The van der Waals surface area contributed by atoms with E-state index in [1.807, 2.05) is 0 Å². The van der Waals surface area contributed by atoms with E-state index in [9.17, 15) is 26.8 Å². The zero-order chi connectivity index (χ0) is 34.8. The van der Waals surface area contributed by atoms with Gasteiger partial charge in [0.05, 0.1) is 23.3 Å². The molecule has 3 saturated carbocycles. The van der Waals surface area contributed by atoms with Crippen molar-refractivity contribution >= 4 is 22.1 Å². The second kappa shape index (κ2) is 10.2. The Bertz CT molecular complexity index is 1640. The Morgan fingerprint density at radius 3 is 1.64 bits per heavy atom. The molecule has 1 aliphatic heterocycles. The van der Waals surface area contributed by atoms with Crippen molar-refractivity contribution in [2.45, 2.75) is 94.8 Å². The number of rotatable bonds is 7. The number of carbonyl (C=O) groups is 2. The van der Waals surface area contributed by atoms with E-state index in [0.29, 0.717) is 11.1 Å². The van der Waals surface area contributed by atoms with Crippen LogP contribution in [0.15, 0.2) is 48.5 Å². The van der Waals surface area contributed by atoms with Crippen molar-refractivity contribution in [2.75, 3.05) is 0 Å². The molecule has 6 unspecified atom stereocenters. The number of fused-ring (bicyclic) bond motifs is 2. The molecule has 4 aliphatic rings. The number of benzene rings is 2. The maximum atomic E-state index is 15.1. The molecular weight excluding hydrogens is 648 g/mol. The summed E-state index contributed by atoms with van der Waals surface area (Å²) in [7, 11) is -6.38. The van der Waals surface area contributed by atoms with Gasteiger partial charge in [0.1, 0.15) is 11.2 Å². The lowest BCUT2D eigenvalue weighted by molar-refractivity contribution is -0.198. The lowest BCUT2D eigenvalue weighted by atomic mass is 9.66. The number of alkyl halides is 4. The van der Waals surface area contributed by atoms with Gasteiger partial charge < -0.3 is 18.9 Å². The molecule has 1 spiro atoms. The standard InChI is InChI=1S/C33H36F4O9S/c1-28(2,3)45-26(38)17-7-11-19(12-8-17)31(20-13-9-18(10-14-20)27(39)46-29(4,5)6)43-24-22-15-21(23-16-30(22,23)25(24)44-31)32(34,35)33(36,37)47(40,41)42/h7-14,21-25H,15-16H2,1-6H3,(H,40,41,42). The first-order valence-electron chi connectivity index (χ1n) is 15.2. The van der Waals surface area contributed by atoms with E-state index >= 15 is 8.78 Å². The first kappa shape index (κ1) is 33.8. The van der Waals surface area contributed by atoms with E-state index in [0.717, 1.165) is 0 Å². The van der Waals surface area contributed by atoms with Crippen LogP contribution in [-0.2, 0) is 34.9 Å². The smallest absolute Gasteiger partial charge is 0.431 e. The number of carbonyl (C=O) groups excluding carboxylic acids is 2. The van der Waals surface area contributed by atoms with Gasteiger partial charge in [-0.3, -0.25) is 4.55 Å². The summed E-state index contributed by atoms with van der Waals surface area (Å²) in [6.45, 7) is 10.4. The molecule has 256 valence electrons. The molecule has 3 aliphatic carbocycles. The summed E-state index contributed by atoms with van der Waals surface area (Å²) in [6, 6.07) is 12.5. The summed E-state index contributed by atoms with van der Waals surface area (Å²) >= 11 is 0. The molecule has 9 nitrogen and oxygen atoms in total. The SMILES string of the molecule is CC(C)(C)OC(=O)c1ccc(C2(c3ccc(C(=O)OC(C)(C)C)cc3)OC3C4CC(C(F)(F)C(F)(F)S(=O)(=O)O)C5CC45C3O2)cc1. The second-order valence-electron chi connectivity index (χ2n) is 14.9. The van der Waals surface area contributed by atoms with Crippen molar-refractivity contribution in [1.82, 2.24) is 0 Å². The van der Waals surface area contributed by atoms with Crippen LogP contribution in [-0.4, -0.2) is 59.5 Å². The normalized spacial score (nSPS) is 29.6. The van der Waals surface area contributed by atoms with E-state index in [-0.39, 0.29) is 17.5 Å². The van der Waals surface area contributed by atoms with Gasteiger partial charge in [0, 0.05) is 22.5 Å². The average molecular weight is 685 g/mol. The predicted molar refractivity (Wildman–Crippen MR) is 157 cm³/mol. The van der Waals surface area contributed by atoms with Crippen LogP contribution in [0.3, 0.4) is 0 Å². The van der Waals surface area contributed by atoms with Gasteiger partial charge in [0.15, 0.2) is 0 Å². The lowest BCUT2D eigenvalue weighted by Gasteiger charge is -2.45. The molecule has 4 fully saturated rings. The van der Waals surface area contributed by atoms with E-state index < -0.39 is 92.0 Å². The third-order valence-corrected chi connectivity index (χ3v) is 10.5. The number of hydrogen-bond donors (Lipinski definition) is 1. The van der Waals surface area contributed by atoms with Crippen LogP contribution in [0.4, 0.5) is 17.6 Å². The molecule has 1 heterocycles. The molecule has 0 bridgehead atoms. The van der Waals surface area contributed by atoms with Gasteiger partial charge in [0.2, 0.25) is 5.79 Å². The Morgan fingerprint density at radius 1 is 0.787 bits per heavy atom. The van der Waals surface area contributed by atoms with Gasteiger partial charge in [-0.05, 0) is 90.5 Å². The molecule has 6 atom stereocenters. The summed E-state index contributed by atoms with van der Waals surface area (Å²) < 4.78 is 114. The predicted octanol–water partition coefficient (Wildman–Crippen LogP) is 6.35. The molecule has 14 heteroatoms. The fourth-order valence-electron chi connectivity index (χ4n) is 7.57. The Hall–Kier alpha value is -3.07. The van der Waals surface area contributed by atoms with Gasteiger partial charge in [-0.25, -0.2) is 9.59 Å². The first-order chi connectivity index (χ1) is 21.4. The molecule has 1 N–H and O–H groups in total. The number of ether oxygens (including phenoxy) is 4. The maximum Gasteiger partial charge on any atom is 0.431 e. The minimum atomic E-state index is -6.38. The largest absolute Gasteiger partial charge is 0.456 e. The third-order valence-electron chi connectivity index (χ3n) is 9.58. The molecule has 6 rings (SSSR count). The highest BCUT2D eigenvalue weighted by molar-refractivity contribution is 7.87. The highest BCUT2D eigenvalue weighted by atomic mass is 32.2. The number of hydrogen-bond acceptors (Lipinski definition) is 8. The zero-order valence-corrected chi connectivity index (χ0v) is 27.4. The van der Waals surface area contributed by atoms with Crippen LogP contribution in [0.2, 0.25) is 0 Å². The second-order valence-corrected chi connectivity index (χ2v) is 16.3. The van der Waals surface area contributed by atoms with Crippen molar-refractivity contribution in [3.8, 4) is 0 Å². The summed E-state index contributed by atoms with van der Waals surface area (Å²) in [5, 5.41) is -5.66. The maximum absolute atomic E-state index is 15.1. The van der Waals surface area contributed by atoms with E-state index in [4.69, 9.17) is 23.5 Å². The van der Waals surface area contributed by atoms with Gasteiger partial charge >= 0.3 is 33.2 Å².